The minimum absolute atomic E-state index is 0.00218. The van der Waals surface area contributed by atoms with Gasteiger partial charge in [0.05, 0.1) is 39.9 Å². The highest BCUT2D eigenvalue weighted by atomic mass is 19.2. The van der Waals surface area contributed by atoms with Gasteiger partial charge in [-0.05, 0) is 55.5 Å². The van der Waals surface area contributed by atoms with E-state index in [1.165, 1.54) is 41.0 Å². The van der Waals surface area contributed by atoms with Crippen LogP contribution in [-0.2, 0) is 4.74 Å². The first-order valence-corrected chi connectivity index (χ1v) is 15.3. The van der Waals surface area contributed by atoms with E-state index in [0.717, 1.165) is 17.0 Å². The molecule has 0 unspecified atom stereocenters. The molecule has 272 valence electrons. The van der Waals surface area contributed by atoms with Crippen LogP contribution in [0.3, 0.4) is 0 Å². The van der Waals surface area contributed by atoms with E-state index in [9.17, 15) is 56.5 Å². The highest BCUT2D eigenvalue weighted by Gasteiger charge is 2.31. The number of hydrogen-bond donors (Lipinski definition) is 3. The van der Waals surface area contributed by atoms with Crippen LogP contribution in [0.2, 0.25) is 0 Å². The fourth-order valence-electron chi connectivity index (χ4n) is 5.95. The van der Waals surface area contributed by atoms with E-state index in [2.05, 4.69) is 0 Å². The number of hydrogen-bond acceptors (Lipinski definition) is 9. The Morgan fingerprint density at radius 1 is 0.648 bits per heavy atom. The molecule has 0 aliphatic carbocycles. The van der Waals surface area contributed by atoms with Gasteiger partial charge in [-0.15, -0.1) is 0 Å². The predicted molar refractivity (Wildman–Crippen MR) is 176 cm³/mol. The van der Waals surface area contributed by atoms with Crippen LogP contribution in [0.15, 0.2) is 70.5 Å². The molecule has 0 saturated carbocycles. The second-order valence-electron chi connectivity index (χ2n) is 11.5. The Balaban J connectivity index is 0.000000167. The number of carboxylic acids is 3. The van der Waals surface area contributed by atoms with Crippen molar-refractivity contribution in [2.45, 2.75) is 6.92 Å². The van der Waals surface area contributed by atoms with Gasteiger partial charge in [-0.1, -0.05) is 0 Å². The van der Waals surface area contributed by atoms with E-state index in [4.69, 9.17) is 19.3 Å². The van der Waals surface area contributed by atoms with Crippen molar-refractivity contribution in [1.29, 1.82) is 0 Å². The molecule has 0 atom stereocenters. The quantitative estimate of drug-likeness (QED) is 0.137. The third-order valence-electron chi connectivity index (χ3n) is 8.36. The van der Waals surface area contributed by atoms with E-state index in [-0.39, 0.29) is 57.0 Å². The Labute approximate surface area is 295 Å². The summed E-state index contributed by atoms with van der Waals surface area (Å²) in [5, 5.41) is 26.9. The number of rotatable bonds is 5. The van der Waals surface area contributed by atoms with Crippen LogP contribution < -0.4 is 20.3 Å². The zero-order valence-corrected chi connectivity index (χ0v) is 26.9. The zero-order chi connectivity index (χ0) is 38.9. The first-order chi connectivity index (χ1) is 25.6. The molecule has 6 aromatic rings. The number of carboxylic acid groups (broad SMARTS) is 3. The molecule has 18 heteroatoms. The summed E-state index contributed by atoms with van der Waals surface area (Å²) >= 11 is 0. The number of nitrogens with zero attached hydrogens (tertiary/aromatic N) is 2. The maximum atomic E-state index is 14.4. The predicted octanol–water partition coefficient (Wildman–Crippen LogP) is 6.02. The van der Waals surface area contributed by atoms with Crippen LogP contribution in [0.1, 0.15) is 48.4 Å². The van der Waals surface area contributed by atoms with Gasteiger partial charge in [-0.25, -0.2) is 28.0 Å². The molecule has 8 rings (SSSR count). The lowest BCUT2D eigenvalue weighted by molar-refractivity contribution is 0.0522. The molecule has 54 heavy (non-hydrogen) atoms. The van der Waals surface area contributed by atoms with Crippen molar-refractivity contribution in [2.24, 2.45) is 0 Å². The zero-order valence-electron chi connectivity index (χ0n) is 26.9. The van der Waals surface area contributed by atoms with Gasteiger partial charge < -0.3 is 38.7 Å². The maximum absolute atomic E-state index is 14.4. The highest BCUT2D eigenvalue weighted by molar-refractivity contribution is 5.99. The largest absolute Gasteiger partial charge is 0.478 e. The standard InChI is InChI=1S/C19H11F2NO6.C17H7F2NO6/c1-2-27-19(26)10-7-22-12-5-8(18(24)25)3-4-13(12)28-17-14(21)11(20)6-9(15(17)22)16(10)23;18-9-4-7-13-15(12(9)19)26-11-2-1-6(16(22)23)3-10(11)20(13)5-8(14(7)21)17(24)25/h3-7H,2H2,1H3,(H,24,25);1-5H,(H,22,23)(H,24,25). The number of esters is 1. The van der Waals surface area contributed by atoms with Crippen molar-refractivity contribution >= 4 is 45.7 Å². The number of benzene rings is 4. The monoisotopic (exact) mass is 746 g/mol. The molecule has 0 radical (unpaired) electrons. The molecule has 2 aliphatic rings. The Kier molecular flexibility index (Phi) is 8.16. The van der Waals surface area contributed by atoms with Gasteiger partial charge in [0, 0.05) is 12.4 Å². The summed E-state index contributed by atoms with van der Waals surface area (Å²) in [6.07, 6.45) is 2.04. The molecule has 3 N–H and O–H groups in total. The SMILES string of the molecule is CCOC(=O)c1cn2c3c(c(F)c(F)cc3c1=O)Oc1ccc(C(=O)O)cc1-2.O=C(O)c1ccc2c(c1)-n1cc(C(=O)O)c(=O)c3cc(F)c(F)c(c31)O2. The van der Waals surface area contributed by atoms with E-state index in [1.807, 2.05) is 0 Å². The Morgan fingerprint density at radius 2 is 1.07 bits per heavy atom. The van der Waals surface area contributed by atoms with Crippen LogP contribution in [0.5, 0.6) is 23.0 Å². The molecule has 0 bridgehead atoms. The molecule has 0 spiro atoms. The number of aromatic nitrogens is 2. The fraction of sp³-hybridized carbons (Fsp3) is 0.0556. The summed E-state index contributed by atoms with van der Waals surface area (Å²) in [5.74, 6) is -11.4. The smallest absolute Gasteiger partial charge is 0.343 e. The molecule has 14 nitrogen and oxygen atoms in total. The average molecular weight is 747 g/mol. The molecule has 0 saturated heterocycles. The third-order valence-corrected chi connectivity index (χ3v) is 8.36. The second kappa shape index (κ2) is 12.6. The Hall–Kier alpha value is -7.50. The Morgan fingerprint density at radius 3 is 1.48 bits per heavy atom. The van der Waals surface area contributed by atoms with Gasteiger partial charge in [-0.3, -0.25) is 9.59 Å². The number of ether oxygens (including phenoxy) is 3. The van der Waals surface area contributed by atoms with E-state index in [0.29, 0.717) is 12.1 Å². The third kappa shape index (κ3) is 5.35. The summed E-state index contributed by atoms with van der Waals surface area (Å²) in [5.41, 5.74) is -3.26. The lowest BCUT2D eigenvalue weighted by atomic mass is 10.1. The average Bonchev–Trinajstić information content (AvgIpc) is 3.13. The van der Waals surface area contributed by atoms with Crippen molar-refractivity contribution in [2.75, 3.05) is 6.61 Å². The molecule has 4 heterocycles. The number of carbonyl (C=O) groups is 4. The topological polar surface area (TPSA) is 201 Å². The van der Waals surface area contributed by atoms with Crippen molar-refractivity contribution < 1.29 is 66.3 Å². The van der Waals surface area contributed by atoms with Gasteiger partial charge in [0.1, 0.15) is 22.2 Å². The van der Waals surface area contributed by atoms with Crippen LogP contribution in [0.25, 0.3) is 33.2 Å². The minimum Gasteiger partial charge on any atom is -0.478 e. The van der Waals surface area contributed by atoms with Crippen LogP contribution in [0, 0.1) is 23.3 Å². The molecular weight excluding hydrogens is 728 g/mol. The fourth-order valence-corrected chi connectivity index (χ4v) is 5.95. The molecule has 0 amide bonds. The van der Waals surface area contributed by atoms with Crippen molar-refractivity contribution in [3.8, 4) is 34.4 Å². The number of fused-ring (bicyclic) bond motifs is 4. The summed E-state index contributed by atoms with van der Waals surface area (Å²) < 4.78 is 74.5. The first-order valence-electron chi connectivity index (χ1n) is 15.3. The van der Waals surface area contributed by atoms with E-state index >= 15 is 0 Å². The molecular formula is C36H18F4N2O12. The van der Waals surface area contributed by atoms with Gasteiger partial charge in [0.25, 0.3) is 0 Å². The molecule has 4 aromatic carbocycles. The lowest BCUT2D eigenvalue weighted by Crippen LogP contribution is -2.22. The van der Waals surface area contributed by atoms with Crippen molar-refractivity contribution in [3.63, 3.8) is 0 Å². The van der Waals surface area contributed by atoms with Gasteiger partial charge >= 0.3 is 23.9 Å². The number of carbonyl (C=O) groups excluding carboxylic acids is 1. The molecule has 2 aromatic heterocycles. The molecule has 2 aliphatic heterocycles. The van der Waals surface area contributed by atoms with E-state index < -0.39 is 86.0 Å². The van der Waals surface area contributed by atoms with Crippen LogP contribution >= 0.6 is 0 Å². The van der Waals surface area contributed by atoms with Crippen LogP contribution in [0.4, 0.5) is 17.6 Å². The highest BCUT2D eigenvalue weighted by Crippen LogP contribution is 2.44. The van der Waals surface area contributed by atoms with Gasteiger partial charge in [0.15, 0.2) is 34.6 Å². The van der Waals surface area contributed by atoms with Gasteiger partial charge in [0.2, 0.25) is 22.5 Å². The number of halogens is 4. The summed E-state index contributed by atoms with van der Waals surface area (Å²) in [6, 6.07) is 8.62. The number of pyridine rings is 2. The van der Waals surface area contributed by atoms with E-state index in [1.54, 1.807) is 6.92 Å². The summed E-state index contributed by atoms with van der Waals surface area (Å²) in [7, 11) is 0. The lowest BCUT2D eigenvalue weighted by Gasteiger charge is -2.24. The van der Waals surface area contributed by atoms with Gasteiger partial charge in [-0.2, -0.15) is 8.78 Å². The normalized spacial score (nSPS) is 11.7. The summed E-state index contributed by atoms with van der Waals surface area (Å²) in [4.78, 5) is 71.1. The molecule has 0 fully saturated rings. The van der Waals surface area contributed by atoms with Crippen molar-refractivity contribution in [3.05, 3.63) is 127 Å². The Bertz CT molecular complexity index is 2850. The second-order valence-corrected chi connectivity index (χ2v) is 11.5. The summed E-state index contributed by atoms with van der Waals surface area (Å²) in [6.45, 7) is 1.55. The minimum atomic E-state index is -1.56. The first kappa shape index (κ1) is 34.9. The van der Waals surface area contributed by atoms with Crippen molar-refractivity contribution in [1.82, 2.24) is 9.13 Å². The number of aromatic carboxylic acids is 3. The maximum Gasteiger partial charge on any atom is 0.343 e. The van der Waals surface area contributed by atoms with Crippen LogP contribution in [-0.4, -0.2) is 54.9 Å².